The number of carboxylic acids is 1. The monoisotopic (exact) mass is 263 g/mol. The molecule has 0 aliphatic carbocycles. The second-order valence-electron chi connectivity index (χ2n) is 3.84. The number of carbonyl (C=O) groups excluding carboxylic acids is 1. The molecule has 5 heteroatoms. The van der Waals surface area contributed by atoms with Gasteiger partial charge < -0.3 is 14.7 Å². The van der Waals surface area contributed by atoms with Gasteiger partial charge in [-0.1, -0.05) is 12.7 Å². The van der Waals surface area contributed by atoms with Gasteiger partial charge >= 0.3 is 5.97 Å². The quantitative estimate of drug-likeness (QED) is 0.762. The summed E-state index contributed by atoms with van der Waals surface area (Å²) in [4.78, 5) is 24.0. The molecule has 0 atom stereocenters. The predicted octanol–water partition coefficient (Wildman–Crippen LogP) is 1.80. The van der Waals surface area contributed by atoms with Gasteiger partial charge in [0.15, 0.2) is 0 Å². The molecule has 0 radical (unpaired) electrons. The summed E-state index contributed by atoms with van der Waals surface area (Å²) in [6.45, 7) is 5.72. The zero-order valence-corrected chi connectivity index (χ0v) is 10.8. The molecule has 0 aliphatic heterocycles. The van der Waals surface area contributed by atoms with Crippen LogP contribution >= 0.6 is 0 Å². The fourth-order valence-electron chi connectivity index (χ4n) is 1.52. The molecule has 0 unspecified atom stereocenters. The Balaban J connectivity index is 2.75. The van der Waals surface area contributed by atoms with Crippen LogP contribution in [0.2, 0.25) is 0 Å². The lowest BCUT2D eigenvalue weighted by Gasteiger charge is -2.18. The van der Waals surface area contributed by atoms with E-state index in [1.807, 2.05) is 0 Å². The number of carboxylic acid groups (broad SMARTS) is 1. The molecule has 1 N–H and O–H groups in total. The second-order valence-corrected chi connectivity index (χ2v) is 3.84. The van der Waals surface area contributed by atoms with Crippen LogP contribution in [0.25, 0.3) is 0 Å². The van der Waals surface area contributed by atoms with E-state index in [1.165, 1.54) is 4.90 Å². The average molecular weight is 263 g/mol. The van der Waals surface area contributed by atoms with Crippen LogP contribution in [0.15, 0.2) is 36.9 Å². The third-order valence-corrected chi connectivity index (χ3v) is 2.46. The molecular formula is C14H17NO4. The third kappa shape index (κ3) is 4.46. The molecular weight excluding hydrogens is 246 g/mol. The Hall–Kier alpha value is -2.30. The molecule has 1 aromatic carbocycles. The number of rotatable bonds is 7. The minimum atomic E-state index is -1.03. The summed E-state index contributed by atoms with van der Waals surface area (Å²) in [5, 5.41) is 8.73. The Morgan fingerprint density at radius 3 is 2.47 bits per heavy atom. The van der Waals surface area contributed by atoms with Crippen LogP contribution in [0.1, 0.15) is 17.3 Å². The highest BCUT2D eigenvalue weighted by molar-refractivity contribution is 5.95. The summed E-state index contributed by atoms with van der Waals surface area (Å²) in [5.41, 5.74) is 0.439. The van der Waals surface area contributed by atoms with Crippen molar-refractivity contribution < 1.29 is 19.4 Å². The summed E-state index contributed by atoms with van der Waals surface area (Å²) >= 11 is 0. The topological polar surface area (TPSA) is 66.8 Å². The Labute approximate surface area is 112 Å². The minimum absolute atomic E-state index is 0.302. The minimum Gasteiger partial charge on any atom is -0.490 e. The summed E-state index contributed by atoms with van der Waals surface area (Å²) in [6, 6.07) is 6.58. The molecule has 1 rings (SSSR count). The van der Waals surface area contributed by atoms with Gasteiger partial charge in [0.05, 0.1) is 0 Å². The van der Waals surface area contributed by atoms with Crippen molar-refractivity contribution in [3.8, 4) is 5.75 Å². The number of aliphatic carboxylic acids is 1. The average Bonchev–Trinajstić information content (AvgIpc) is 2.42. The summed E-state index contributed by atoms with van der Waals surface area (Å²) < 4.78 is 5.30. The maximum absolute atomic E-state index is 12.0. The molecule has 0 saturated carbocycles. The molecule has 5 nitrogen and oxygen atoms in total. The van der Waals surface area contributed by atoms with E-state index in [9.17, 15) is 9.59 Å². The highest BCUT2D eigenvalue weighted by atomic mass is 16.5. The maximum Gasteiger partial charge on any atom is 0.323 e. The van der Waals surface area contributed by atoms with Crippen LogP contribution in [0, 0.1) is 0 Å². The van der Waals surface area contributed by atoms with E-state index in [2.05, 4.69) is 6.58 Å². The zero-order valence-electron chi connectivity index (χ0n) is 10.8. The van der Waals surface area contributed by atoms with Gasteiger partial charge in [-0.3, -0.25) is 9.59 Å². The number of amides is 1. The second kappa shape index (κ2) is 7.20. The molecule has 0 aromatic heterocycles. The highest BCUT2D eigenvalue weighted by Gasteiger charge is 2.16. The first-order chi connectivity index (χ1) is 9.08. The Bertz CT molecular complexity index is 453. The van der Waals surface area contributed by atoms with Crippen molar-refractivity contribution in [2.45, 2.75) is 6.92 Å². The van der Waals surface area contributed by atoms with E-state index in [1.54, 1.807) is 37.3 Å². The first-order valence-electron chi connectivity index (χ1n) is 5.93. The molecule has 1 amide bonds. The number of ether oxygens (including phenoxy) is 1. The number of likely N-dealkylation sites (N-methyl/N-ethyl adjacent to an activating group) is 1. The molecule has 0 aliphatic rings. The molecule has 0 fully saturated rings. The lowest BCUT2D eigenvalue weighted by Crippen LogP contribution is -2.35. The molecule has 0 heterocycles. The van der Waals surface area contributed by atoms with Gasteiger partial charge in [0.25, 0.3) is 5.91 Å². The van der Waals surface area contributed by atoms with Crippen LogP contribution in [-0.4, -0.2) is 41.6 Å². The van der Waals surface area contributed by atoms with Gasteiger partial charge in [-0.2, -0.15) is 0 Å². The van der Waals surface area contributed by atoms with Crippen molar-refractivity contribution in [1.29, 1.82) is 0 Å². The molecule has 0 bridgehead atoms. The van der Waals surface area contributed by atoms with Crippen molar-refractivity contribution in [3.05, 3.63) is 42.5 Å². The Morgan fingerprint density at radius 1 is 1.37 bits per heavy atom. The number of hydrogen-bond donors (Lipinski definition) is 1. The van der Waals surface area contributed by atoms with Gasteiger partial charge in [-0.25, -0.2) is 0 Å². The largest absolute Gasteiger partial charge is 0.490 e. The van der Waals surface area contributed by atoms with E-state index in [0.717, 1.165) is 0 Å². The van der Waals surface area contributed by atoms with Gasteiger partial charge in [-0.15, -0.1) is 0 Å². The SMILES string of the molecule is C=CCOc1ccc(C(=O)N(CC)CC(=O)O)cc1. The van der Waals surface area contributed by atoms with Crippen LogP contribution in [0.5, 0.6) is 5.75 Å². The van der Waals surface area contributed by atoms with Crippen molar-refractivity contribution in [2.24, 2.45) is 0 Å². The smallest absolute Gasteiger partial charge is 0.323 e. The summed E-state index contributed by atoms with van der Waals surface area (Å²) in [7, 11) is 0. The Kier molecular flexibility index (Phi) is 5.60. The van der Waals surface area contributed by atoms with Crippen LogP contribution in [0.4, 0.5) is 0 Å². The van der Waals surface area contributed by atoms with Crippen molar-refractivity contribution in [1.82, 2.24) is 4.90 Å². The van der Waals surface area contributed by atoms with Gasteiger partial charge in [0.2, 0.25) is 0 Å². The normalized spacial score (nSPS) is 9.74. The van der Waals surface area contributed by atoms with E-state index >= 15 is 0 Å². The lowest BCUT2D eigenvalue weighted by molar-refractivity contribution is -0.137. The number of benzene rings is 1. The standard InChI is InChI=1S/C14H17NO4/c1-3-9-19-12-7-5-11(6-8-12)14(18)15(4-2)10-13(16)17/h3,5-8H,1,4,9-10H2,2H3,(H,16,17). The molecule has 0 spiro atoms. The van der Waals surface area contributed by atoms with E-state index in [4.69, 9.17) is 9.84 Å². The highest BCUT2D eigenvalue weighted by Crippen LogP contribution is 2.13. The zero-order chi connectivity index (χ0) is 14.3. The van der Waals surface area contributed by atoms with Gasteiger partial charge in [0, 0.05) is 12.1 Å². The fraction of sp³-hybridized carbons (Fsp3) is 0.286. The predicted molar refractivity (Wildman–Crippen MR) is 71.3 cm³/mol. The van der Waals surface area contributed by atoms with E-state index in [0.29, 0.717) is 24.5 Å². The fourth-order valence-corrected chi connectivity index (χ4v) is 1.52. The number of nitrogens with zero attached hydrogens (tertiary/aromatic N) is 1. The molecule has 19 heavy (non-hydrogen) atoms. The first-order valence-corrected chi connectivity index (χ1v) is 5.93. The van der Waals surface area contributed by atoms with Crippen LogP contribution < -0.4 is 4.74 Å². The number of hydrogen-bond acceptors (Lipinski definition) is 3. The molecule has 1 aromatic rings. The Morgan fingerprint density at radius 2 is 2.00 bits per heavy atom. The first kappa shape index (κ1) is 14.8. The molecule has 102 valence electrons. The van der Waals surface area contributed by atoms with Crippen molar-refractivity contribution in [2.75, 3.05) is 19.7 Å². The van der Waals surface area contributed by atoms with Crippen LogP contribution in [-0.2, 0) is 4.79 Å². The van der Waals surface area contributed by atoms with Crippen LogP contribution in [0.3, 0.4) is 0 Å². The lowest BCUT2D eigenvalue weighted by atomic mass is 10.2. The molecule has 0 saturated heterocycles. The van der Waals surface area contributed by atoms with Crippen molar-refractivity contribution >= 4 is 11.9 Å². The van der Waals surface area contributed by atoms with Crippen molar-refractivity contribution in [3.63, 3.8) is 0 Å². The van der Waals surface area contributed by atoms with E-state index in [-0.39, 0.29) is 12.5 Å². The van der Waals surface area contributed by atoms with Gasteiger partial charge in [-0.05, 0) is 31.2 Å². The third-order valence-electron chi connectivity index (χ3n) is 2.46. The van der Waals surface area contributed by atoms with E-state index < -0.39 is 5.97 Å². The summed E-state index contributed by atoms with van der Waals surface area (Å²) in [5.74, 6) is -0.695. The summed E-state index contributed by atoms with van der Waals surface area (Å²) in [6.07, 6.45) is 1.63. The maximum atomic E-state index is 12.0. The van der Waals surface area contributed by atoms with Gasteiger partial charge in [0.1, 0.15) is 18.9 Å². The number of carbonyl (C=O) groups is 2.